The summed E-state index contributed by atoms with van der Waals surface area (Å²) in [4.78, 5) is 14.1. The summed E-state index contributed by atoms with van der Waals surface area (Å²) in [5.74, 6) is -0.770. The van der Waals surface area contributed by atoms with Crippen LogP contribution in [0.25, 0.3) is 5.57 Å². The number of allylic oxidation sites excluding steroid dienone is 6. The van der Waals surface area contributed by atoms with Gasteiger partial charge in [-0.3, -0.25) is 4.55 Å². The minimum Gasteiger partial charge on any atom is -0.493 e. The number of carbonyl (C=O) groups is 1. The molecule has 9 heteroatoms. The van der Waals surface area contributed by atoms with Crippen LogP contribution in [0.4, 0.5) is 11.4 Å². The van der Waals surface area contributed by atoms with E-state index in [0.717, 1.165) is 45.8 Å². The molecule has 0 bridgehead atoms. The minimum atomic E-state index is -4.20. The van der Waals surface area contributed by atoms with E-state index < -0.39 is 27.3 Å². The number of hydrogen-bond acceptors (Lipinski definition) is 5. The Labute approximate surface area is 295 Å². The molecular formula is C41H45N2O6S+. The lowest BCUT2D eigenvalue weighted by Gasteiger charge is -2.27. The van der Waals surface area contributed by atoms with Crippen molar-refractivity contribution in [3.05, 3.63) is 136 Å². The van der Waals surface area contributed by atoms with Crippen LogP contribution < -0.4 is 4.90 Å². The van der Waals surface area contributed by atoms with Crippen LogP contribution in [0.2, 0.25) is 0 Å². The summed E-state index contributed by atoms with van der Waals surface area (Å²) in [6.45, 7) is 14.3. The third-order valence-corrected chi connectivity index (χ3v) is 10.9. The van der Waals surface area contributed by atoms with E-state index in [9.17, 15) is 22.9 Å². The number of fused-ring (bicyclic) bond motifs is 2. The number of aromatic carboxylic acids is 1. The maximum Gasteiger partial charge on any atom is 0.335 e. The SMILES string of the molecule is CCN1C(=CC=C2CCOC(C=CC3=[N+](CCS(=O)(=O)O)c4ccc(C)cc4C3(C)C)=C2c2ccc(C(=O)O)cc2)C(C)(C)c2ccccc21. The van der Waals surface area contributed by atoms with E-state index in [1.54, 1.807) is 12.1 Å². The summed E-state index contributed by atoms with van der Waals surface area (Å²) in [5, 5.41) is 9.60. The van der Waals surface area contributed by atoms with Crippen molar-refractivity contribution in [2.45, 2.75) is 58.8 Å². The molecular weight excluding hydrogens is 649 g/mol. The van der Waals surface area contributed by atoms with E-state index in [0.29, 0.717) is 18.8 Å². The van der Waals surface area contributed by atoms with Crippen molar-refractivity contribution < 1.29 is 32.2 Å². The number of likely N-dealkylation sites (N-methyl/N-ethyl adjacent to an activating group) is 1. The number of nitrogens with zero attached hydrogens (tertiary/aromatic N) is 2. The van der Waals surface area contributed by atoms with E-state index in [4.69, 9.17) is 4.74 Å². The van der Waals surface area contributed by atoms with Gasteiger partial charge >= 0.3 is 5.97 Å². The molecule has 0 radical (unpaired) electrons. The first-order chi connectivity index (χ1) is 23.6. The fraction of sp³-hybridized carbons (Fsp3) is 0.317. The van der Waals surface area contributed by atoms with Crippen LogP contribution in [0, 0.1) is 6.92 Å². The smallest absolute Gasteiger partial charge is 0.335 e. The van der Waals surface area contributed by atoms with Gasteiger partial charge in [-0.1, -0.05) is 61.9 Å². The Morgan fingerprint density at radius 3 is 2.36 bits per heavy atom. The molecule has 0 saturated heterocycles. The Morgan fingerprint density at radius 1 is 0.960 bits per heavy atom. The number of para-hydroxylation sites is 1. The normalized spacial score (nSPS) is 19.8. The average Bonchev–Trinajstić information content (AvgIpc) is 3.42. The highest BCUT2D eigenvalue weighted by Gasteiger charge is 2.45. The van der Waals surface area contributed by atoms with Crippen LogP contribution in [0.3, 0.4) is 0 Å². The first-order valence-electron chi connectivity index (χ1n) is 17.0. The lowest BCUT2D eigenvalue weighted by molar-refractivity contribution is -0.432. The number of carboxylic acids is 1. The highest BCUT2D eigenvalue weighted by Crippen LogP contribution is 2.48. The maximum absolute atomic E-state index is 11.9. The molecule has 0 aliphatic carbocycles. The molecule has 2 N–H and O–H groups in total. The molecule has 0 atom stereocenters. The van der Waals surface area contributed by atoms with Crippen LogP contribution in [0.1, 0.15) is 73.7 Å². The van der Waals surface area contributed by atoms with Crippen molar-refractivity contribution in [1.82, 2.24) is 0 Å². The zero-order chi connectivity index (χ0) is 36.0. The van der Waals surface area contributed by atoms with Crippen LogP contribution in [0.15, 0.2) is 108 Å². The Balaban J connectivity index is 1.50. The molecule has 8 nitrogen and oxygen atoms in total. The molecule has 0 amide bonds. The fourth-order valence-electron chi connectivity index (χ4n) is 7.58. The first kappa shape index (κ1) is 35.1. The molecule has 0 unspecified atom stereocenters. The van der Waals surface area contributed by atoms with Crippen molar-refractivity contribution >= 4 is 38.7 Å². The third-order valence-electron chi connectivity index (χ3n) is 10.2. The Bertz CT molecular complexity index is 2130. The molecule has 0 aromatic heterocycles. The van der Waals surface area contributed by atoms with Gasteiger partial charge in [-0.05, 0) is 80.8 Å². The largest absolute Gasteiger partial charge is 0.493 e. The summed E-state index contributed by atoms with van der Waals surface area (Å²) < 4.78 is 41.7. The van der Waals surface area contributed by atoms with Crippen LogP contribution >= 0.6 is 0 Å². The minimum absolute atomic E-state index is 0.0895. The van der Waals surface area contributed by atoms with Gasteiger partial charge in [-0.2, -0.15) is 13.0 Å². The van der Waals surface area contributed by atoms with Crippen molar-refractivity contribution in [2.75, 3.05) is 30.3 Å². The fourth-order valence-corrected chi connectivity index (χ4v) is 8.00. The topological polar surface area (TPSA) is 107 Å². The van der Waals surface area contributed by atoms with Gasteiger partial charge in [0.05, 0.1) is 17.6 Å². The molecule has 0 fully saturated rings. The van der Waals surface area contributed by atoms with E-state index in [-0.39, 0.29) is 17.5 Å². The van der Waals surface area contributed by atoms with Crippen molar-refractivity contribution in [1.29, 1.82) is 0 Å². The quantitative estimate of drug-likeness (QED) is 0.173. The standard InChI is InChI=1S/C41H44N2O6S/c1-7-42-33-11-9-8-10-31(33)40(3,4)36(42)20-17-29-22-24-49-35(38(29)28-13-15-30(16-14-28)39(44)45)19-21-37-41(5,6)32-26-27(2)12-18-34(32)43(37)23-25-50(46,47)48/h8-21,26H,7,22-25H2,1-6H3,(H-,44,45,46,47,48)/p+1. The third kappa shape index (κ3) is 6.48. The maximum atomic E-state index is 11.9. The van der Waals surface area contributed by atoms with Crippen molar-refractivity contribution in [3.63, 3.8) is 0 Å². The second kappa shape index (κ2) is 13.2. The second-order valence-corrected chi connectivity index (χ2v) is 15.7. The molecule has 3 aliphatic rings. The van der Waals surface area contributed by atoms with Gasteiger partial charge in [0.1, 0.15) is 11.5 Å². The highest BCUT2D eigenvalue weighted by molar-refractivity contribution is 7.85. The van der Waals surface area contributed by atoms with Gasteiger partial charge < -0.3 is 14.7 Å². The first-order valence-corrected chi connectivity index (χ1v) is 18.6. The summed E-state index contributed by atoms with van der Waals surface area (Å²) >= 11 is 0. The number of ether oxygens (including phenoxy) is 1. The van der Waals surface area contributed by atoms with Gasteiger partial charge in [-0.15, -0.1) is 0 Å². The summed E-state index contributed by atoms with van der Waals surface area (Å²) in [6.07, 6.45) is 8.96. The lowest BCUT2D eigenvalue weighted by Crippen LogP contribution is -2.29. The molecule has 3 aromatic carbocycles. The number of aryl methyl sites for hydroxylation is 1. The molecule has 3 aliphatic heterocycles. The van der Waals surface area contributed by atoms with Crippen LogP contribution in [-0.2, 0) is 25.7 Å². The van der Waals surface area contributed by atoms with E-state index in [1.807, 2.05) is 47.9 Å². The number of hydrogen-bond donors (Lipinski definition) is 2. The van der Waals surface area contributed by atoms with Crippen molar-refractivity contribution in [2.24, 2.45) is 0 Å². The summed E-state index contributed by atoms with van der Waals surface area (Å²) in [7, 11) is -4.20. The molecule has 3 aromatic rings. The van der Waals surface area contributed by atoms with Gasteiger partial charge in [-0.25, -0.2) is 4.79 Å². The summed E-state index contributed by atoms with van der Waals surface area (Å²) in [5.41, 5.74) is 9.94. The highest BCUT2D eigenvalue weighted by atomic mass is 32.2. The monoisotopic (exact) mass is 693 g/mol. The van der Waals surface area contributed by atoms with Crippen molar-refractivity contribution in [3.8, 4) is 0 Å². The number of carboxylic acid groups (broad SMARTS) is 1. The molecule has 0 spiro atoms. The van der Waals surface area contributed by atoms with Crippen LogP contribution in [-0.4, -0.2) is 59.8 Å². The second-order valence-electron chi connectivity index (χ2n) is 14.2. The van der Waals surface area contributed by atoms with E-state index in [1.165, 1.54) is 16.9 Å². The zero-order valence-electron chi connectivity index (χ0n) is 29.5. The predicted octanol–water partition coefficient (Wildman–Crippen LogP) is 7.97. The Morgan fingerprint density at radius 2 is 1.68 bits per heavy atom. The van der Waals surface area contributed by atoms with Gasteiger partial charge in [0.2, 0.25) is 5.69 Å². The summed E-state index contributed by atoms with van der Waals surface area (Å²) in [6, 6.07) is 21.5. The Kier molecular flexibility index (Phi) is 9.26. The van der Waals surface area contributed by atoms with Gasteiger partial charge in [0.15, 0.2) is 12.3 Å². The molecule has 50 heavy (non-hydrogen) atoms. The lowest BCUT2D eigenvalue weighted by atomic mass is 9.80. The molecule has 260 valence electrons. The van der Waals surface area contributed by atoms with Crippen LogP contribution in [0.5, 0.6) is 0 Å². The molecule has 6 rings (SSSR count). The zero-order valence-corrected chi connectivity index (χ0v) is 30.3. The number of anilines is 1. The predicted molar refractivity (Wildman–Crippen MR) is 199 cm³/mol. The number of benzene rings is 3. The molecule has 3 heterocycles. The Hall–Kier alpha value is -4.73. The molecule has 0 saturated carbocycles. The average molecular weight is 694 g/mol. The number of rotatable bonds is 9. The van der Waals surface area contributed by atoms with Gasteiger partial charge in [0.25, 0.3) is 10.1 Å². The van der Waals surface area contributed by atoms with E-state index in [2.05, 4.69) is 82.0 Å². The van der Waals surface area contributed by atoms with E-state index >= 15 is 0 Å². The van der Waals surface area contributed by atoms with Gasteiger partial charge in [0, 0.05) is 53.0 Å².